The summed E-state index contributed by atoms with van der Waals surface area (Å²) in [5, 5.41) is 3.24. The van der Waals surface area contributed by atoms with Crippen molar-refractivity contribution in [2.75, 3.05) is 51.7 Å². The highest BCUT2D eigenvalue weighted by Crippen LogP contribution is 2.20. The Labute approximate surface area is 156 Å². The Morgan fingerprint density at radius 3 is 2.58 bits per heavy atom. The Morgan fingerprint density at radius 2 is 1.92 bits per heavy atom. The fourth-order valence-corrected chi connectivity index (χ4v) is 4.06. The molecule has 2 fully saturated rings. The van der Waals surface area contributed by atoms with Crippen molar-refractivity contribution in [3.05, 3.63) is 17.6 Å². The van der Waals surface area contributed by atoms with Gasteiger partial charge in [0.05, 0.1) is 0 Å². The second kappa shape index (κ2) is 8.20. The van der Waals surface area contributed by atoms with Gasteiger partial charge in [-0.1, -0.05) is 0 Å². The zero-order chi connectivity index (χ0) is 18.7. The number of aryl methyl sites for hydroxylation is 2. The summed E-state index contributed by atoms with van der Waals surface area (Å²) >= 11 is 0. The molecule has 2 amide bonds. The van der Waals surface area contributed by atoms with Gasteiger partial charge in [-0.2, -0.15) is 0 Å². The molecule has 0 saturated carbocycles. The van der Waals surface area contributed by atoms with Gasteiger partial charge >= 0.3 is 6.03 Å². The molecular formula is C19H32N6O. The summed E-state index contributed by atoms with van der Waals surface area (Å²) in [4.78, 5) is 27.9. The number of nitrogens with zero attached hydrogens (tertiary/aromatic N) is 5. The lowest BCUT2D eigenvalue weighted by Gasteiger charge is -2.34. The summed E-state index contributed by atoms with van der Waals surface area (Å²) in [5.74, 6) is 2.42. The lowest BCUT2D eigenvalue weighted by molar-refractivity contribution is 0.199. The molecule has 2 aliphatic heterocycles. The summed E-state index contributed by atoms with van der Waals surface area (Å²) in [6.07, 6.45) is 3.03. The van der Waals surface area contributed by atoms with Crippen molar-refractivity contribution in [2.24, 2.45) is 5.92 Å². The third-order valence-corrected chi connectivity index (χ3v) is 5.30. The Hall–Kier alpha value is -1.89. The van der Waals surface area contributed by atoms with Crippen molar-refractivity contribution in [2.45, 2.75) is 39.2 Å². The first kappa shape index (κ1) is 18.9. The lowest BCUT2D eigenvalue weighted by Crippen LogP contribution is -2.49. The van der Waals surface area contributed by atoms with Crippen molar-refractivity contribution in [3.63, 3.8) is 0 Å². The minimum absolute atomic E-state index is 0.110. The number of urea groups is 1. The second-order valence-corrected chi connectivity index (χ2v) is 7.99. The van der Waals surface area contributed by atoms with Crippen LogP contribution in [0.3, 0.4) is 0 Å². The fourth-order valence-electron chi connectivity index (χ4n) is 4.06. The monoisotopic (exact) mass is 360 g/mol. The molecule has 26 heavy (non-hydrogen) atoms. The van der Waals surface area contributed by atoms with Crippen molar-refractivity contribution in [1.29, 1.82) is 0 Å². The van der Waals surface area contributed by atoms with Crippen LogP contribution in [0.4, 0.5) is 10.6 Å². The molecule has 2 aliphatic rings. The smallest absolute Gasteiger partial charge is 0.317 e. The summed E-state index contributed by atoms with van der Waals surface area (Å²) in [6, 6.07) is 2.41. The summed E-state index contributed by atoms with van der Waals surface area (Å²) in [7, 11) is 4.19. The Balaban J connectivity index is 1.46. The molecule has 7 heteroatoms. The minimum Gasteiger partial charge on any atom is -0.356 e. The number of carbonyl (C=O) groups excluding carboxylic acids is 1. The maximum absolute atomic E-state index is 12.6. The zero-order valence-corrected chi connectivity index (χ0v) is 16.5. The highest BCUT2D eigenvalue weighted by Gasteiger charge is 2.29. The molecule has 1 unspecified atom stereocenters. The van der Waals surface area contributed by atoms with Crippen molar-refractivity contribution in [3.8, 4) is 0 Å². The van der Waals surface area contributed by atoms with E-state index >= 15 is 0 Å². The molecule has 2 saturated heterocycles. The van der Waals surface area contributed by atoms with Gasteiger partial charge in [-0.3, -0.25) is 0 Å². The van der Waals surface area contributed by atoms with Crippen LogP contribution in [0.25, 0.3) is 0 Å². The molecule has 7 nitrogen and oxygen atoms in total. The SMILES string of the molecule is Cc1cc(N2CCC(NC(=O)N3CCC(CN(C)C)C3)CC2)nc(C)n1. The molecule has 1 aromatic heterocycles. The van der Waals surface area contributed by atoms with E-state index in [4.69, 9.17) is 0 Å². The number of amides is 2. The van der Waals surface area contributed by atoms with Gasteiger partial charge in [-0.05, 0) is 53.1 Å². The Morgan fingerprint density at radius 1 is 1.19 bits per heavy atom. The van der Waals surface area contributed by atoms with Crippen LogP contribution in [0.15, 0.2) is 6.07 Å². The van der Waals surface area contributed by atoms with E-state index in [2.05, 4.69) is 39.2 Å². The van der Waals surface area contributed by atoms with Crippen LogP contribution in [-0.4, -0.2) is 78.7 Å². The number of carbonyl (C=O) groups is 1. The molecule has 3 rings (SSSR count). The number of piperidine rings is 1. The third kappa shape index (κ3) is 4.84. The second-order valence-electron chi connectivity index (χ2n) is 7.99. The molecule has 1 atom stereocenters. The van der Waals surface area contributed by atoms with E-state index < -0.39 is 0 Å². The average Bonchev–Trinajstić information content (AvgIpc) is 3.02. The average molecular weight is 361 g/mol. The van der Waals surface area contributed by atoms with Gasteiger partial charge in [0.25, 0.3) is 0 Å². The van der Waals surface area contributed by atoms with E-state index in [9.17, 15) is 4.79 Å². The van der Waals surface area contributed by atoms with E-state index in [1.807, 2.05) is 24.8 Å². The van der Waals surface area contributed by atoms with Gasteiger partial charge in [-0.25, -0.2) is 14.8 Å². The highest BCUT2D eigenvalue weighted by molar-refractivity contribution is 5.74. The molecule has 1 aromatic rings. The maximum Gasteiger partial charge on any atom is 0.317 e. The van der Waals surface area contributed by atoms with E-state index in [0.717, 1.165) is 69.3 Å². The van der Waals surface area contributed by atoms with Gasteiger partial charge in [0.15, 0.2) is 0 Å². The minimum atomic E-state index is 0.110. The molecule has 1 N–H and O–H groups in total. The zero-order valence-electron chi connectivity index (χ0n) is 16.5. The number of rotatable bonds is 4. The number of likely N-dealkylation sites (tertiary alicyclic amines) is 1. The number of anilines is 1. The highest BCUT2D eigenvalue weighted by atomic mass is 16.2. The van der Waals surface area contributed by atoms with Gasteiger partial charge in [0.2, 0.25) is 0 Å². The third-order valence-electron chi connectivity index (χ3n) is 5.30. The standard InChI is InChI=1S/C19H32N6O/c1-14-11-18(21-15(2)20-14)24-9-6-17(7-10-24)22-19(26)25-8-5-16(13-25)12-23(3)4/h11,16-17H,5-10,12-13H2,1-4H3,(H,22,26). The molecule has 0 radical (unpaired) electrons. The van der Waals surface area contributed by atoms with Gasteiger partial charge in [-0.15, -0.1) is 0 Å². The van der Waals surface area contributed by atoms with Crippen LogP contribution >= 0.6 is 0 Å². The van der Waals surface area contributed by atoms with Crippen LogP contribution in [0.2, 0.25) is 0 Å². The predicted molar refractivity (Wildman–Crippen MR) is 104 cm³/mol. The van der Waals surface area contributed by atoms with Crippen molar-refractivity contribution < 1.29 is 4.79 Å². The van der Waals surface area contributed by atoms with Gasteiger partial charge < -0.3 is 20.0 Å². The summed E-state index contributed by atoms with van der Waals surface area (Å²) in [5.41, 5.74) is 1.00. The molecule has 0 aliphatic carbocycles. The van der Waals surface area contributed by atoms with E-state index in [-0.39, 0.29) is 12.1 Å². The first-order chi connectivity index (χ1) is 12.4. The summed E-state index contributed by atoms with van der Waals surface area (Å²) < 4.78 is 0. The summed E-state index contributed by atoms with van der Waals surface area (Å²) in [6.45, 7) is 8.59. The van der Waals surface area contributed by atoms with Crippen LogP contribution < -0.4 is 10.2 Å². The quantitative estimate of drug-likeness (QED) is 0.885. The van der Waals surface area contributed by atoms with Crippen LogP contribution in [0.1, 0.15) is 30.8 Å². The maximum atomic E-state index is 12.6. The van der Waals surface area contributed by atoms with E-state index in [1.54, 1.807) is 0 Å². The van der Waals surface area contributed by atoms with E-state index in [0.29, 0.717) is 5.92 Å². The Bertz CT molecular complexity index is 606. The number of hydrogen-bond acceptors (Lipinski definition) is 5. The van der Waals surface area contributed by atoms with Crippen LogP contribution in [-0.2, 0) is 0 Å². The van der Waals surface area contributed by atoms with E-state index in [1.165, 1.54) is 0 Å². The number of aromatic nitrogens is 2. The van der Waals surface area contributed by atoms with Gasteiger partial charge in [0, 0.05) is 50.5 Å². The predicted octanol–water partition coefficient (Wildman–Crippen LogP) is 1.66. The first-order valence-corrected chi connectivity index (χ1v) is 9.68. The van der Waals surface area contributed by atoms with Gasteiger partial charge in [0.1, 0.15) is 11.6 Å². The molecule has 0 spiro atoms. The van der Waals surface area contributed by atoms with Crippen molar-refractivity contribution >= 4 is 11.8 Å². The first-order valence-electron chi connectivity index (χ1n) is 9.68. The normalized spacial score (nSPS) is 21.5. The molecule has 0 aromatic carbocycles. The van der Waals surface area contributed by atoms with Crippen LogP contribution in [0.5, 0.6) is 0 Å². The lowest BCUT2D eigenvalue weighted by atomic mass is 10.1. The fraction of sp³-hybridized carbons (Fsp3) is 0.737. The number of nitrogens with one attached hydrogen (secondary N) is 1. The molecular weight excluding hydrogens is 328 g/mol. The number of hydrogen-bond donors (Lipinski definition) is 1. The Kier molecular flexibility index (Phi) is 5.96. The molecule has 0 bridgehead atoms. The molecule has 144 valence electrons. The molecule has 3 heterocycles. The van der Waals surface area contributed by atoms with Crippen LogP contribution in [0, 0.1) is 19.8 Å². The van der Waals surface area contributed by atoms with Crippen molar-refractivity contribution in [1.82, 2.24) is 25.1 Å². The topological polar surface area (TPSA) is 64.6 Å². The largest absolute Gasteiger partial charge is 0.356 e.